The third-order valence-electron chi connectivity index (χ3n) is 5.06. The molecule has 0 saturated carbocycles. The molecule has 0 N–H and O–H groups in total. The first-order chi connectivity index (χ1) is 13.2. The molecule has 3 nitrogen and oxygen atoms in total. The van der Waals surface area contributed by atoms with Gasteiger partial charge < -0.3 is 9.84 Å². The fourth-order valence-electron chi connectivity index (χ4n) is 3.69. The molecule has 0 spiro atoms. The van der Waals surface area contributed by atoms with Gasteiger partial charge in [0.25, 0.3) is 0 Å². The molecule has 1 saturated heterocycles. The standard InChI is InChI=1S/C24H27NO2.Na/c1-2-22(20-24(26)27-23-15-7-4-8-16-23)25(17-9-10-18-25)19-11-14-21-12-5-3-6-13-21;/h2-8,11-16,20H,9-10,17-19H2,1H3;/q;+1/b14-11+,22-2+,24-20+;. The van der Waals surface area contributed by atoms with E-state index in [1.54, 1.807) is 18.2 Å². The largest absolute Gasteiger partial charge is 1.00 e. The van der Waals surface area contributed by atoms with Crippen LogP contribution in [-0.2, 0) is 0 Å². The first-order valence-electron chi connectivity index (χ1n) is 9.58. The van der Waals surface area contributed by atoms with Gasteiger partial charge in [0.15, 0.2) is 0 Å². The molecule has 1 aliphatic rings. The molecule has 2 aromatic rings. The summed E-state index contributed by atoms with van der Waals surface area (Å²) in [5.74, 6) is 0.261. The number of benzene rings is 2. The molecule has 28 heavy (non-hydrogen) atoms. The van der Waals surface area contributed by atoms with E-state index in [9.17, 15) is 5.11 Å². The van der Waals surface area contributed by atoms with Crippen LogP contribution in [0, 0.1) is 0 Å². The molecule has 0 unspecified atom stereocenters. The molecule has 0 bridgehead atoms. The van der Waals surface area contributed by atoms with Crippen LogP contribution in [-0.4, -0.2) is 24.1 Å². The predicted octanol–water partition coefficient (Wildman–Crippen LogP) is 1.50. The molecule has 0 amide bonds. The van der Waals surface area contributed by atoms with Crippen molar-refractivity contribution in [3.8, 4) is 5.75 Å². The second-order valence-electron chi connectivity index (χ2n) is 6.89. The van der Waals surface area contributed by atoms with Crippen LogP contribution in [0.25, 0.3) is 6.08 Å². The van der Waals surface area contributed by atoms with Crippen LogP contribution >= 0.6 is 0 Å². The van der Waals surface area contributed by atoms with Crippen molar-refractivity contribution in [3.05, 3.63) is 96.1 Å². The van der Waals surface area contributed by atoms with Gasteiger partial charge in [0.05, 0.1) is 19.0 Å². The molecule has 140 valence electrons. The van der Waals surface area contributed by atoms with E-state index >= 15 is 0 Å². The fraction of sp³-hybridized carbons (Fsp3) is 0.250. The van der Waals surface area contributed by atoms with Crippen LogP contribution in [0.5, 0.6) is 5.75 Å². The van der Waals surface area contributed by atoms with E-state index < -0.39 is 0 Å². The summed E-state index contributed by atoms with van der Waals surface area (Å²) in [7, 11) is 0. The van der Waals surface area contributed by atoms with Crippen molar-refractivity contribution in [2.45, 2.75) is 19.8 Å². The van der Waals surface area contributed by atoms with Crippen LogP contribution in [0.1, 0.15) is 25.3 Å². The molecule has 0 atom stereocenters. The maximum absolute atomic E-state index is 12.4. The van der Waals surface area contributed by atoms with E-state index in [0.717, 1.165) is 29.8 Å². The second kappa shape index (κ2) is 11.3. The van der Waals surface area contributed by atoms with Crippen LogP contribution < -0.4 is 39.4 Å². The average Bonchev–Trinajstić information content (AvgIpc) is 3.17. The second-order valence-corrected chi connectivity index (χ2v) is 6.89. The minimum atomic E-state index is -0.314. The number of allylic oxidation sites excluding steroid dienone is 2. The number of likely N-dealkylation sites (tertiary alicyclic amines) is 1. The Morgan fingerprint density at radius 1 is 1.00 bits per heavy atom. The van der Waals surface area contributed by atoms with E-state index in [1.165, 1.54) is 18.4 Å². The topological polar surface area (TPSA) is 32.3 Å². The number of ether oxygens (including phenoxy) is 1. The van der Waals surface area contributed by atoms with Gasteiger partial charge in [-0.1, -0.05) is 54.6 Å². The Labute approximate surface area is 190 Å². The maximum Gasteiger partial charge on any atom is 1.00 e. The maximum atomic E-state index is 12.4. The van der Waals surface area contributed by atoms with Crippen LogP contribution in [0.15, 0.2) is 90.5 Å². The van der Waals surface area contributed by atoms with Gasteiger partial charge in [0, 0.05) is 24.7 Å². The minimum Gasteiger partial charge on any atom is -0.579 e. The summed E-state index contributed by atoms with van der Waals surface area (Å²) in [6.07, 6.45) is 10.5. The van der Waals surface area contributed by atoms with Gasteiger partial charge in [0.1, 0.15) is 12.2 Å². The van der Waals surface area contributed by atoms with Gasteiger partial charge in [0.2, 0.25) is 0 Å². The number of hydrogen-bond donors (Lipinski definition) is 0. The Hall–Kier alpha value is -1.78. The summed E-state index contributed by atoms with van der Waals surface area (Å²) < 4.78 is 6.27. The summed E-state index contributed by atoms with van der Waals surface area (Å²) in [5.41, 5.74) is 2.23. The van der Waals surface area contributed by atoms with Gasteiger partial charge >= 0.3 is 29.6 Å². The summed E-state index contributed by atoms with van der Waals surface area (Å²) in [5, 5.41) is 12.4. The van der Waals surface area contributed by atoms with Crippen LogP contribution in [0.4, 0.5) is 0 Å². The molecule has 4 heteroatoms. The molecule has 3 rings (SSSR count). The normalized spacial score (nSPS) is 16.8. The zero-order chi connectivity index (χ0) is 19.0. The van der Waals surface area contributed by atoms with Crippen LogP contribution in [0.3, 0.4) is 0 Å². The van der Waals surface area contributed by atoms with Gasteiger partial charge in [-0.2, -0.15) is 0 Å². The summed E-state index contributed by atoms with van der Waals surface area (Å²) in [6, 6.07) is 19.5. The van der Waals surface area contributed by atoms with Crippen molar-refractivity contribution < 1.29 is 43.9 Å². The molecular formula is C24H27NNaO2+. The Balaban J connectivity index is 0.00000280. The third-order valence-corrected chi connectivity index (χ3v) is 5.06. The van der Waals surface area contributed by atoms with E-state index in [4.69, 9.17) is 4.74 Å². The number of para-hydroxylation sites is 1. The average molecular weight is 384 g/mol. The molecular weight excluding hydrogens is 357 g/mol. The first kappa shape index (κ1) is 22.5. The number of rotatable bonds is 7. The molecule has 0 radical (unpaired) electrons. The first-order valence-corrected chi connectivity index (χ1v) is 9.58. The van der Waals surface area contributed by atoms with Crippen LogP contribution in [0.2, 0.25) is 0 Å². The van der Waals surface area contributed by atoms with Crippen molar-refractivity contribution in [3.63, 3.8) is 0 Å². The van der Waals surface area contributed by atoms with Crippen molar-refractivity contribution in [2.24, 2.45) is 0 Å². The number of quaternary nitrogens is 1. The molecule has 1 heterocycles. The molecule has 1 aliphatic heterocycles. The monoisotopic (exact) mass is 384 g/mol. The zero-order valence-corrected chi connectivity index (χ0v) is 18.9. The fourth-order valence-corrected chi connectivity index (χ4v) is 3.69. The zero-order valence-electron chi connectivity index (χ0n) is 16.9. The SMILES string of the molecule is C/C=C(\C=C(/[O-])Oc1ccccc1)[N+]1(C/C=C/c2ccccc2)CCCC1.[Na+]. The van der Waals surface area contributed by atoms with Crippen molar-refractivity contribution in [1.29, 1.82) is 0 Å². The Kier molecular flexibility index (Phi) is 9.07. The summed E-state index contributed by atoms with van der Waals surface area (Å²) in [4.78, 5) is 0. The van der Waals surface area contributed by atoms with Gasteiger partial charge in [-0.3, -0.25) is 4.48 Å². The van der Waals surface area contributed by atoms with Gasteiger partial charge in [-0.05, 0) is 36.8 Å². The third kappa shape index (κ3) is 6.11. The Morgan fingerprint density at radius 3 is 2.21 bits per heavy atom. The van der Waals surface area contributed by atoms with Gasteiger partial charge in [-0.15, -0.1) is 0 Å². The van der Waals surface area contributed by atoms with Gasteiger partial charge in [-0.25, -0.2) is 0 Å². The van der Waals surface area contributed by atoms with E-state index in [2.05, 4.69) is 24.3 Å². The predicted molar refractivity (Wildman–Crippen MR) is 108 cm³/mol. The van der Waals surface area contributed by atoms with Crippen molar-refractivity contribution in [1.82, 2.24) is 0 Å². The number of hydrogen-bond acceptors (Lipinski definition) is 2. The van der Waals surface area contributed by atoms with Crippen molar-refractivity contribution >= 4 is 6.08 Å². The van der Waals surface area contributed by atoms with E-state index in [-0.39, 0.29) is 35.5 Å². The summed E-state index contributed by atoms with van der Waals surface area (Å²) in [6.45, 7) is 4.98. The van der Waals surface area contributed by atoms with E-state index in [1.807, 2.05) is 49.4 Å². The van der Waals surface area contributed by atoms with E-state index in [0.29, 0.717) is 5.75 Å². The molecule has 2 aromatic carbocycles. The summed E-state index contributed by atoms with van der Waals surface area (Å²) >= 11 is 0. The van der Waals surface area contributed by atoms with Crippen molar-refractivity contribution in [2.75, 3.05) is 19.6 Å². The minimum absolute atomic E-state index is 0. The Morgan fingerprint density at radius 2 is 1.61 bits per heavy atom. The Bertz CT molecular complexity index is 807. The quantitative estimate of drug-likeness (QED) is 0.314. The molecule has 0 aliphatic carbocycles. The smallest absolute Gasteiger partial charge is 0.579 e. The number of nitrogens with zero attached hydrogens (tertiary/aromatic N) is 1. The molecule has 1 fully saturated rings. The molecule has 0 aromatic heterocycles.